The van der Waals surface area contributed by atoms with Crippen LogP contribution in [0, 0.1) is 6.92 Å². The zero-order valence-electron chi connectivity index (χ0n) is 12.1. The number of carbonyl (C=O) groups is 1. The Kier molecular flexibility index (Phi) is 4.45. The molecule has 0 spiro atoms. The number of aromatic nitrogens is 3. The van der Waals surface area contributed by atoms with Crippen LogP contribution in [0.4, 0.5) is 5.69 Å². The number of anilines is 1. The van der Waals surface area contributed by atoms with Gasteiger partial charge in [-0.3, -0.25) is 9.36 Å². The van der Waals surface area contributed by atoms with Gasteiger partial charge in [0.1, 0.15) is 12.7 Å². The Morgan fingerprint density at radius 2 is 1.91 bits per heavy atom. The lowest BCUT2D eigenvalue weighted by Gasteiger charge is -2.11. The molecule has 0 radical (unpaired) electrons. The number of aryl methyl sites for hydroxylation is 1. The average Bonchev–Trinajstić information content (AvgIpc) is 3.05. The molecule has 2 aromatic carbocycles. The topological polar surface area (TPSA) is 59.8 Å². The molecule has 7 heteroatoms. The van der Waals surface area contributed by atoms with E-state index in [1.54, 1.807) is 41.5 Å². The number of amides is 1. The summed E-state index contributed by atoms with van der Waals surface area (Å²) in [5.41, 5.74) is 2.89. The molecular formula is C16H12BrClN4O. The summed E-state index contributed by atoms with van der Waals surface area (Å²) in [6.45, 7) is 1.94. The minimum absolute atomic E-state index is 0.252. The highest BCUT2D eigenvalue weighted by molar-refractivity contribution is 9.10. The SMILES string of the molecule is Cc1ccc(NC(=O)c2cc(-n3cnnc3)ccc2Br)c(Cl)c1. The first-order valence-electron chi connectivity index (χ1n) is 6.76. The number of hydrogen-bond acceptors (Lipinski definition) is 3. The van der Waals surface area contributed by atoms with Gasteiger partial charge < -0.3 is 5.32 Å². The summed E-state index contributed by atoms with van der Waals surface area (Å²) in [5.74, 6) is -0.252. The average molecular weight is 392 g/mol. The number of rotatable bonds is 3. The van der Waals surface area contributed by atoms with Gasteiger partial charge in [0.2, 0.25) is 0 Å². The van der Waals surface area contributed by atoms with Crippen LogP contribution in [-0.4, -0.2) is 20.7 Å². The second kappa shape index (κ2) is 6.52. The molecule has 0 unspecified atom stereocenters. The number of hydrogen-bond donors (Lipinski definition) is 1. The molecule has 0 fully saturated rings. The first-order chi connectivity index (χ1) is 11.0. The van der Waals surface area contributed by atoms with Gasteiger partial charge in [0.05, 0.1) is 16.3 Å². The predicted molar refractivity (Wildman–Crippen MR) is 93.2 cm³/mol. The van der Waals surface area contributed by atoms with E-state index < -0.39 is 0 Å². The van der Waals surface area contributed by atoms with Gasteiger partial charge in [-0.15, -0.1) is 10.2 Å². The maximum Gasteiger partial charge on any atom is 0.256 e. The largest absolute Gasteiger partial charge is 0.321 e. The molecule has 1 amide bonds. The molecule has 3 aromatic rings. The third-order valence-corrected chi connectivity index (χ3v) is 4.29. The number of halogens is 2. The van der Waals surface area contributed by atoms with Crippen molar-refractivity contribution in [3.8, 4) is 5.69 Å². The van der Waals surface area contributed by atoms with Crippen LogP contribution in [0.15, 0.2) is 53.5 Å². The van der Waals surface area contributed by atoms with Gasteiger partial charge in [-0.1, -0.05) is 17.7 Å². The van der Waals surface area contributed by atoms with Crippen molar-refractivity contribution in [3.63, 3.8) is 0 Å². The molecule has 23 heavy (non-hydrogen) atoms. The van der Waals surface area contributed by atoms with E-state index in [1.165, 1.54) is 0 Å². The summed E-state index contributed by atoms with van der Waals surface area (Å²) >= 11 is 9.57. The second-order valence-corrected chi connectivity index (χ2v) is 6.23. The van der Waals surface area contributed by atoms with Gasteiger partial charge in [0.15, 0.2) is 0 Å². The van der Waals surface area contributed by atoms with Gasteiger partial charge in [-0.2, -0.15) is 0 Å². The summed E-state index contributed by atoms with van der Waals surface area (Å²) in [5, 5.41) is 10.9. The van der Waals surface area contributed by atoms with Gasteiger partial charge in [0, 0.05) is 10.2 Å². The van der Waals surface area contributed by atoms with E-state index in [-0.39, 0.29) is 5.91 Å². The number of benzene rings is 2. The summed E-state index contributed by atoms with van der Waals surface area (Å²) in [6.07, 6.45) is 3.14. The molecular weight excluding hydrogens is 380 g/mol. The lowest BCUT2D eigenvalue weighted by Crippen LogP contribution is -2.13. The maximum absolute atomic E-state index is 12.6. The number of nitrogens with one attached hydrogen (secondary N) is 1. The van der Waals surface area contributed by atoms with E-state index in [9.17, 15) is 4.79 Å². The monoisotopic (exact) mass is 390 g/mol. The van der Waals surface area contributed by atoms with Crippen molar-refractivity contribution in [2.24, 2.45) is 0 Å². The molecule has 0 saturated heterocycles. The molecule has 0 aliphatic rings. The maximum atomic E-state index is 12.6. The van der Waals surface area contributed by atoms with E-state index >= 15 is 0 Å². The number of nitrogens with zero attached hydrogens (tertiary/aromatic N) is 3. The first kappa shape index (κ1) is 15.7. The molecule has 0 aliphatic carbocycles. The van der Waals surface area contributed by atoms with Crippen molar-refractivity contribution in [2.45, 2.75) is 6.92 Å². The third-order valence-electron chi connectivity index (χ3n) is 3.28. The van der Waals surface area contributed by atoms with Crippen LogP contribution < -0.4 is 5.32 Å². The van der Waals surface area contributed by atoms with E-state index in [1.807, 2.05) is 19.1 Å². The molecule has 5 nitrogen and oxygen atoms in total. The van der Waals surface area contributed by atoms with Crippen molar-refractivity contribution in [3.05, 3.63) is 69.7 Å². The number of carbonyl (C=O) groups excluding carboxylic acids is 1. The molecule has 0 atom stereocenters. The van der Waals surface area contributed by atoms with Crippen molar-refractivity contribution in [2.75, 3.05) is 5.32 Å². The Labute approximate surface area is 146 Å². The molecule has 0 saturated carbocycles. The fourth-order valence-electron chi connectivity index (χ4n) is 2.09. The van der Waals surface area contributed by atoms with Crippen molar-refractivity contribution in [1.29, 1.82) is 0 Å². The third kappa shape index (κ3) is 3.43. The second-order valence-electron chi connectivity index (χ2n) is 4.97. The Balaban J connectivity index is 1.91. The highest BCUT2D eigenvalue weighted by atomic mass is 79.9. The zero-order chi connectivity index (χ0) is 16.4. The minimum Gasteiger partial charge on any atom is -0.321 e. The summed E-state index contributed by atoms with van der Waals surface area (Å²) < 4.78 is 2.41. The molecule has 3 rings (SSSR count). The fourth-order valence-corrected chi connectivity index (χ4v) is 2.80. The Bertz CT molecular complexity index is 865. The van der Waals surface area contributed by atoms with Crippen molar-refractivity contribution >= 4 is 39.1 Å². The summed E-state index contributed by atoms with van der Waals surface area (Å²) in [7, 11) is 0. The normalized spacial score (nSPS) is 10.6. The predicted octanol–water partition coefficient (Wildman–Crippen LogP) is 4.24. The summed E-state index contributed by atoms with van der Waals surface area (Å²) in [6, 6.07) is 10.9. The molecule has 1 N–H and O–H groups in total. The van der Waals surface area contributed by atoms with Crippen molar-refractivity contribution < 1.29 is 4.79 Å². The zero-order valence-corrected chi connectivity index (χ0v) is 14.5. The molecule has 116 valence electrons. The lowest BCUT2D eigenvalue weighted by molar-refractivity contribution is 0.102. The van der Waals surface area contributed by atoms with Crippen LogP contribution in [0.3, 0.4) is 0 Å². The molecule has 0 bridgehead atoms. The van der Waals surface area contributed by atoms with Gasteiger partial charge in [-0.05, 0) is 58.7 Å². The lowest BCUT2D eigenvalue weighted by atomic mass is 10.1. The van der Waals surface area contributed by atoms with Crippen LogP contribution in [0.25, 0.3) is 5.69 Å². The summed E-state index contributed by atoms with van der Waals surface area (Å²) in [4.78, 5) is 12.6. The van der Waals surface area contributed by atoms with Crippen LogP contribution in [0.2, 0.25) is 5.02 Å². The molecule has 1 heterocycles. The van der Waals surface area contributed by atoms with Gasteiger partial charge in [0.25, 0.3) is 5.91 Å². The van der Waals surface area contributed by atoms with Crippen LogP contribution in [0.1, 0.15) is 15.9 Å². The quantitative estimate of drug-likeness (QED) is 0.726. The van der Waals surface area contributed by atoms with E-state index in [0.29, 0.717) is 20.7 Å². The van der Waals surface area contributed by atoms with E-state index in [0.717, 1.165) is 11.3 Å². The molecule has 0 aliphatic heterocycles. The van der Waals surface area contributed by atoms with E-state index in [2.05, 4.69) is 31.4 Å². The smallest absolute Gasteiger partial charge is 0.256 e. The Hall–Kier alpha value is -2.18. The van der Waals surface area contributed by atoms with Crippen molar-refractivity contribution in [1.82, 2.24) is 14.8 Å². The van der Waals surface area contributed by atoms with Crippen LogP contribution in [-0.2, 0) is 0 Å². The highest BCUT2D eigenvalue weighted by Gasteiger charge is 2.13. The first-order valence-corrected chi connectivity index (χ1v) is 7.94. The Morgan fingerprint density at radius 3 is 2.61 bits per heavy atom. The standard InChI is InChI=1S/C16H12BrClN4O/c1-10-2-5-15(14(18)6-10)21-16(23)12-7-11(3-4-13(12)17)22-8-19-20-9-22/h2-9H,1H3,(H,21,23). The van der Waals surface area contributed by atoms with Gasteiger partial charge in [-0.25, -0.2) is 0 Å². The Morgan fingerprint density at radius 1 is 1.17 bits per heavy atom. The fraction of sp³-hybridized carbons (Fsp3) is 0.0625. The van der Waals surface area contributed by atoms with E-state index in [4.69, 9.17) is 11.6 Å². The van der Waals surface area contributed by atoms with Crippen LogP contribution in [0.5, 0.6) is 0 Å². The minimum atomic E-state index is -0.252. The van der Waals surface area contributed by atoms with Gasteiger partial charge >= 0.3 is 0 Å². The highest BCUT2D eigenvalue weighted by Crippen LogP contribution is 2.26. The molecule has 1 aromatic heterocycles. The van der Waals surface area contributed by atoms with Crippen LogP contribution >= 0.6 is 27.5 Å².